The molecular weight excluding hydrogens is 540 g/mol. The van der Waals surface area contributed by atoms with Gasteiger partial charge in [0.1, 0.15) is 12.2 Å². The van der Waals surface area contributed by atoms with Crippen molar-refractivity contribution in [3.8, 4) is 0 Å². The molecule has 42 heavy (non-hydrogen) atoms. The van der Waals surface area contributed by atoms with Gasteiger partial charge >= 0.3 is 11.9 Å². The first-order valence-electron chi connectivity index (χ1n) is 14.8. The Hall–Kier alpha value is -2.56. The largest absolute Gasteiger partial charge is 0.457 e. The van der Waals surface area contributed by atoms with E-state index in [2.05, 4.69) is 13.5 Å². The van der Waals surface area contributed by atoms with Crippen LogP contribution in [0, 0.1) is 22.7 Å². The topological polar surface area (TPSA) is 121 Å². The van der Waals surface area contributed by atoms with Crippen molar-refractivity contribution in [2.24, 2.45) is 22.7 Å². The van der Waals surface area contributed by atoms with Crippen LogP contribution < -0.4 is 0 Å². The van der Waals surface area contributed by atoms with Crippen molar-refractivity contribution in [3.05, 3.63) is 59.7 Å². The molecule has 0 aromatic heterocycles. The summed E-state index contributed by atoms with van der Waals surface area (Å²) in [5.74, 6) is -2.11. The maximum Gasteiger partial charge on any atom is 0.338 e. The first-order chi connectivity index (χ1) is 19.7. The maximum atomic E-state index is 14.0. The quantitative estimate of drug-likeness (QED) is 0.395. The van der Waals surface area contributed by atoms with Crippen LogP contribution in [0.3, 0.4) is 0 Å². The summed E-state index contributed by atoms with van der Waals surface area (Å²) in [6.07, 6.45) is -1.95. The molecule has 0 bridgehead atoms. The molecule has 1 aromatic carbocycles. The fraction of sp³-hybridized carbons (Fsp3) is 0.636. The molecule has 2 N–H and O–H groups in total. The summed E-state index contributed by atoms with van der Waals surface area (Å²) >= 11 is 0. The van der Waals surface area contributed by atoms with Gasteiger partial charge in [0.25, 0.3) is 0 Å². The number of rotatable bonds is 5. The lowest BCUT2D eigenvalue weighted by atomic mass is 9.49. The molecule has 1 aromatic rings. The van der Waals surface area contributed by atoms with E-state index in [0.29, 0.717) is 12.0 Å². The highest BCUT2D eigenvalue weighted by molar-refractivity contribution is 5.89. The Labute approximate surface area is 246 Å². The highest BCUT2D eigenvalue weighted by Crippen LogP contribution is 2.70. The van der Waals surface area contributed by atoms with E-state index in [9.17, 15) is 19.8 Å². The van der Waals surface area contributed by atoms with Gasteiger partial charge in [-0.15, -0.1) is 0 Å². The number of fused-ring (bicyclic) bond motifs is 3. The standard InChI is InChI=1S/C33H42O9/c1-8-24-39-22-14-23-33(16-38-23,42-19(4)34)26-28(41-29(36)20-12-10-9-11-13-20)32(30(5,6)37)15-21(35)17(2)25(32)18(3)27(40-24)31(22,26)7/h8-13,18,21-24,26-28,35,37H,1,14-16H2,2-7H3/t18-,21-,22-,23?,24?,26-,27-,28-,31+,32-,33-/m0/s1. The number of hydrogen-bond donors (Lipinski definition) is 2. The number of hydrogen-bond acceptors (Lipinski definition) is 9. The maximum absolute atomic E-state index is 14.0. The summed E-state index contributed by atoms with van der Waals surface area (Å²) in [6.45, 7) is 14.7. The minimum Gasteiger partial charge on any atom is -0.457 e. The van der Waals surface area contributed by atoms with Gasteiger partial charge < -0.3 is 33.9 Å². The number of aliphatic hydroxyl groups is 2. The van der Waals surface area contributed by atoms with Gasteiger partial charge in [-0.2, -0.15) is 0 Å². The van der Waals surface area contributed by atoms with Gasteiger partial charge in [-0.3, -0.25) is 4.79 Å². The molecule has 11 atom stereocenters. The molecule has 2 heterocycles. The fourth-order valence-corrected chi connectivity index (χ4v) is 9.35. The predicted octanol–water partition coefficient (Wildman–Crippen LogP) is 3.72. The van der Waals surface area contributed by atoms with Crippen LogP contribution in [0.2, 0.25) is 0 Å². The van der Waals surface area contributed by atoms with E-state index >= 15 is 0 Å². The van der Waals surface area contributed by atoms with Gasteiger partial charge in [0.2, 0.25) is 0 Å². The SMILES string of the molecule is C=CC1O[C@H]2CC3OC[C@@]3(OC(C)=O)[C@H]3[C@H](OC(=O)c4ccccc4)[C@]4(C(C)(C)O)C[C@H](O)C(C)=C4[C@H](C)[C@H](O1)[C@]23C. The van der Waals surface area contributed by atoms with Gasteiger partial charge in [0.15, 0.2) is 11.9 Å². The van der Waals surface area contributed by atoms with Gasteiger partial charge in [-0.1, -0.05) is 44.2 Å². The van der Waals surface area contributed by atoms with E-state index in [1.807, 2.05) is 19.9 Å². The zero-order valence-electron chi connectivity index (χ0n) is 25.2. The number of carbonyl (C=O) groups is 2. The molecule has 0 amide bonds. The lowest BCUT2D eigenvalue weighted by Crippen LogP contribution is -2.80. The Morgan fingerprint density at radius 2 is 1.86 bits per heavy atom. The van der Waals surface area contributed by atoms with Crippen molar-refractivity contribution in [2.75, 3.05) is 6.61 Å². The van der Waals surface area contributed by atoms with Crippen LogP contribution in [0.5, 0.6) is 0 Å². The zero-order valence-corrected chi connectivity index (χ0v) is 25.2. The smallest absolute Gasteiger partial charge is 0.338 e. The molecule has 9 heteroatoms. The lowest BCUT2D eigenvalue weighted by molar-refractivity contribution is -0.391. The minimum atomic E-state index is -1.48. The van der Waals surface area contributed by atoms with Crippen molar-refractivity contribution in [2.45, 2.75) is 102 Å². The summed E-state index contributed by atoms with van der Waals surface area (Å²) in [5, 5.41) is 23.7. The molecule has 5 aliphatic rings. The third kappa shape index (κ3) is 3.80. The summed E-state index contributed by atoms with van der Waals surface area (Å²) < 4.78 is 32.1. The second kappa shape index (κ2) is 9.72. The van der Waals surface area contributed by atoms with Gasteiger partial charge in [0.05, 0.1) is 47.4 Å². The Bertz CT molecular complexity index is 1320. The Kier molecular flexibility index (Phi) is 6.83. The van der Waals surface area contributed by atoms with Crippen LogP contribution in [0.15, 0.2) is 54.1 Å². The zero-order chi connectivity index (χ0) is 30.4. The van der Waals surface area contributed by atoms with Crippen molar-refractivity contribution < 1.29 is 43.5 Å². The van der Waals surface area contributed by atoms with E-state index in [-0.39, 0.29) is 18.9 Å². The number of carbonyl (C=O) groups excluding carboxylic acids is 2. The molecule has 2 aliphatic heterocycles. The molecule has 0 spiro atoms. The number of benzene rings is 1. The molecule has 3 aliphatic carbocycles. The highest BCUT2D eigenvalue weighted by atomic mass is 16.7. The van der Waals surface area contributed by atoms with E-state index in [4.69, 9.17) is 23.7 Å². The molecular formula is C33H42O9. The van der Waals surface area contributed by atoms with E-state index < -0.39 is 76.7 Å². The summed E-state index contributed by atoms with van der Waals surface area (Å²) in [6, 6.07) is 8.69. The van der Waals surface area contributed by atoms with Gasteiger partial charge in [0, 0.05) is 24.7 Å². The summed E-state index contributed by atoms with van der Waals surface area (Å²) in [7, 11) is 0. The van der Waals surface area contributed by atoms with Crippen molar-refractivity contribution >= 4 is 11.9 Å². The molecule has 4 fully saturated rings. The van der Waals surface area contributed by atoms with Crippen molar-refractivity contribution in [1.29, 1.82) is 0 Å². The van der Waals surface area contributed by atoms with Crippen LogP contribution in [-0.4, -0.2) is 76.8 Å². The first kappa shape index (κ1) is 29.5. The fourth-order valence-electron chi connectivity index (χ4n) is 9.35. The van der Waals surface area contributed by atoms with Crippen molar-refractivity contribution in [3.63, 3.8) is 0 Å². The Morgan fingerprint density at radius 1 is 1.17 bits per heavy atom. The molecule has 228 valence electrons. The molecule has 2 saturated heterocycles. The Balaban J connectivity index is 1.67. The van der Waals surface area contributed by atoms with Gasteiger partial charge in [-0.25, -0.2) is 4.79 Å². The number of esters is 2. The summed E-state index contributed by atoms with van der Waals surface area (Å²) in [4.78, 5) is 26.8. The second-order valence-corrected chi connectivity index (χ2v) is 13.5. The van der Waals surface area contributed by atoms with Crippen LogP contribution >= 0.6 is 0 Å². The van der Waals surface area contributed by atoms with Crippen LogP contribution in [0.1, 0.15) is 64.7 Å². The van der Waals surface area contributed by atoms with Crippen LogP contribution in [0.25, 0.3) is 0 Å². The van der Waals surface area contributed by atoms with E-state index in [1.165, 1.54) is 6.92 Å². The second-order valence-electron chi connectivity index (χ2n) is 13.5. The monoisotopic (exact) mass is 582 g/mol. The Morgan fingerprint density at radius 3 is 2.43 bits per heavy atom. The lowest BCUT2D eigenvalue weighted by Gasteiger charge is -2.67. The van der Waals surface area contributed by atoms with E-state index in [1.54, 1.807) is 44.2 Å². The highest BCUT2D eigenvalue weighted by Gasteiger charge is 2.79. The minimum absolute atomic E-state index is 0.0954. The van der Waals surface area contributed by atoms with Crippen molar-refractivity contribution in [1.82, 2.24) is 0 Å². The number of aliphatic hydroxyl groups excluding tert-OH is 1. The van der Waals surface area contributed by atoms with E-state index in [0.717, 1.165) is 11.1 Å². The molecule has 0 radical (unpaired) electrons. The van der Waals surface area contributed by atoms with Crippen LogP contribution in [-0.2, 0) is 28.5 Å². The third-order valence-corrected chi connectivity index (χ3v) is 11.0. The normalized spacial score (nSPS) is 44.1. The third-order valence-electron chi connectivity index (χ3n) is 11.0. The van der Waals surface area contributed by atoms with Crippen LogP contribution in [0.4, 0.5) is 0 Å². The first-order valence-corrected chi connectivity index (χ1v) is 14.8. The average molecular weight is 583 g/mol. The molecule has 2 unspecified atom stereocenters. The number of ether oxygens (including phenoxy) is 5. The molecule has 6 rings (SSSR count). The summed E-state index contributed by atoms with van der Waals surface area (Å²) in [5.41, 5.74) is -2.92. The average Bonchev–Trinajstić information content (AvgIpc) is 3.17. The molecule has 9 nitrogen and oxygen atoms in total. The van der Waals surface area contributed by atoms with Gasteiger partial charge in [-0.05, 0) is 51.0 Å². The predicted molar refractivity (Wildman–Crippen MR) is 151 cm³/mol. The molecule has 2 saturated carbocycles.